The van der Waals surface area contributed by atoms with Gasteiger partial charge in [0.1, 0.15) is 5.75 Å². The molecule has 16 heavy (non-hydrogen) atoms. The number of hydrazone groups is 1. The molecule has 1 aliphatic heterocycles. The summed E-state index contributed by atoms with van der Waals surface area (Å²) >= 11 is 5.83. The molecule has 0 saturated carbocycles. The van der Waals surface area contributed by atoms with Crippen LogP contribution in [0.15, 0.2) is 23.3 Å². The second kappa shape index (κ2) is 5.18. The average Bonchev–Trinajstić information content (AvgIpc) is 2.32. The monoisotopic (exact) mass is 240 g/mol. The number of phenols is 1. The van der Waals surface area contributed by atoms with E-state index in [1.807, 2.05) is 5.01 Å². The van der Waals surface area contributed by atoms with Crippen LogP contribution >= 0.6 is 11.6 Å². The summed E-state index contributed by atoms with van der Waals surface area (Å²) < 4.78 is 5.21. The Morgan fingerprint density at radius 2 is 2.12 bits per heavy atom. The molecule has 0 unspecified atom stereocenters. The van der Waals surface area contributed by atoms with Gasteiger partial charge in [-0.3, -0.25) is 5.01 Å². The molecule has 5 heteroatoms. The van der Waals surface area contributed by atoms with Gasteiger partial charge in [0.15, 0.2) is 0 Å². The SMILES string of the molecule is Oc1ccc(Cl)cc1C=NN1CCOCC1. The van der Waals surface area contributed by atoms with Gasteiger partial charge in [-0.2, -0.15) is 5.10 Å². The first-order valence-electron chi connectivity index (χ1n) is 5.11. The number of rotatable bonds is 2. The summed E-state index contributed by atoms with van der Waals surface area (Å²) in [7, 11) is 0. The molecule has 1 heterocycles. The first-order valence-corrected chi connectivity index (χ1v) is 5.49. The van der Waals surface area contributed by atoms with Crippen molar-refractivity contribution in [1.29, 1.82) is 0 Å². The predicted molar refractivity (Wildman–Crippen MR) is 63.1 cm³/mol. The predicted octanol–water partition coefficient (Wildman–Crippen LogP) is 1.71. The van der Waals surface area contributed by atoms with Gasteiger partial charge < -0.3 is 9.84 Å². The second-order valence-electron chi connectivity index (χ2n) is 3.51. The Labute approximate surface area is 99.1 Å². The molecule has 0 aliphatic carbocycles. The summed E-state index contributed by atoms with van der Waals surface area (Å²) in [4.78, 5) is 0. The highest BCUT2D eigenvalue weighted by molar-refractivity contribution is 6.30. The summed E-state index contributed by atoms with van der Waals surface area (Å²) in [5.74, 6) is 0.182. The Hall–Kier alpha value is -1.26. The van der Waals surface area contributed by atoms with Gasteiger partial charge in [0.25, 0.3) is 0 Å². The van der Waals surface area contributed by atoms with Crippen LogP contribution in [0.3, 0.4) is 0 Å². The summed E-state index contributed by atoms with van der Waals surface area (Å²) in [5, 5.41) is 16.3. The van der Waals surface area contributed by atoms with E-state index in [9.17, 15) is 5.11 Å². The van der Waals surface area contributed by atoms with Crippen LogP contribution in [0.25, 0.3) is 0 Å². The number of halogens is 1. The van der Waals surface area contributed by atoms with Crippen molar-refractivity contribution in [3.05, 3.63) is 28.8 Å². The number of morpholine rings is 1. The molecule has 1 saturated heterocycles. The maximum absolute atomic E-state index is 9.57. The minimum Gasteiger partial charge on any atom is -0.507 e. The Balaban J connectivity index is 2.07. The molecular weight excluding hydrogens is 228 g/mol. The van der Waals surface area contributed by atoms with Crippen LogP contribution in [0.1, 0.15) is 5.56 Å². The molecule has 1 N–H and O–H groups in total. The minimum atomic E-state index is 0.182. The maximum atomic E-state index is 9.57. The molecule has 1 aromatic rings. The van der Waals surface area contributed by atoms with E-state index in [1.165, 1.54) is 0 Å². The van der Waals surface area contributed by atoms with E-state index >= 15 is 0 Å². The molecule has 4 nitrogen and oxygen atoms in total. The van der Waals surface area contributed by atoms with Crippen LogP contribution in [0.5, 0.6) is 5.75 Å². The molecule has 0 radical (unpaired) electrons. The largest absolute Gasteiger partial charge is 0.507 e. The van der Waals surface area contributed by atoms with E-state index in [1.54, 1.807) is 24.4 Å². The molecule has 1 aliphatic rings. The zero-order chi connectivity index (χ0) is 11.4. The zero-order valence-corrected chi connectivity index (χ0v) is 9.52. The van der Waals surface area contributed by atoms with Crippen molar-refractivity contribution in [2.24, 2.45) is 5.10 Å². The first-order chi connectivity index (χ1) is 7.75. The van der Waals surface area contributed by atoms with Gasteiger partial charge in [-0.05, 0) is 18.2 Å². The zero-order valence-electron chi connectivity index (χ0n) is 8.77. The van der Waals surface area contributed by atoms with E-state index in [0.29, 0.717) is 23.8 Å². The van der Waals surface area contributed by atoms with Gasteiger partial charge >= 0.3 is 0 Å². The van der Waals surface area contributed by atoms with Gasteiger partial charge in [-0.15, -0.1) is 0 Å². The van der Waals surface area contributed by atoms with Crippen molar-refractivity contribution in [3.8, 4) is 5.75 Å². The molecule has 0 aromatic heterocycles. The van der Waals surface area contributed by atoms with Crippen LogP contribution < -0.4 is 0 Å². The van der Waals surface area contributed by atoms with Gasteiger partial charge in [-0.1, -0.05) is 11.6 Å². The van der Waals surface area contributed by atoms with Crippen molar-refractivity contribution in [2.45, 2.75) is 0 Å². The van der Waals surface area contributed by atoms with Gasteiger partial charge in [0.2, 0.25) is 0 Å². The van der Waals surface area contributed by atoms with Crippen LogP contribution in [-0.4, -0.2) is 42.6 Å². The summed E-state index contributed by atoms with van der Waals surface area (Å²) in [6.07, 6.45) is 1.62. The molecule has 86 valence electrons. The lowest BCUT2D eigenvalue weighted by Gasteiger charge is -2.23. The number of phenolic OH excluding ortho intramolecular Hbond substituents is 1. The summed E-state index contributed by atoms with van der Waals surface area (Å²) in [6.45, 7) is 2.94. The number of hydrogen-bond acceptors (Lipinski definition) is 4. The highest BCUT2D eigenvalue weighted by Gasteiger charge is 2.07. The van der Waals surface area contributed by atoms with Crippen molar-refractivity contribution in [3.63, 3.8) is 0 Å². The molecule has 0 amide bonds. The smallest absolute Gasteiger partial charge is 0.124 e. The summed E-state index contributed by atoms with van der Waals surface area (Å²) in [5.41, 5.74) is 0.624. The van der Waals surface area contributed by atoms with E-state index < -0.39 is 0 Å². The highest BCUT2D eigenvalue weighted by atomic mass is 35.5. The third-order valence-corrected chi connectivity index (χ3v) is 2.57. The highest BCUT2D eigenvalue weighted by Crippen LogP contribution is 2.19. The quantitative estimate of drug-likeness (QED) is 0.801. The third-order valence-electron chi connectivity index (χ3n) is 2.34. The van der Waals surface area contributed by atoms with Crippen molar-refractivity contribution < 1.29 is 9.84 Å². The lowest BCUT2D eigenvalue weighted by atomic mass is 10.2. The number of benzene rings is 1. The lowest BCUT2D eigenvalue weighted by molar-refractivity contribution is 0.0397. The van der Waals surface area contributed by atoms with E-state index in [2.05, 4.69) is 5.10 Å². The average molecular weight is 241 g/mol. The number of ether oxygens (including phenoxy) is 1. The lowest BCUT2D eigenvalue weighted by Crippen LogP contribution is -2.32. The fraction of sp³-hybridized carbons (Fsp3) is 0.364. The molecule has 1 fully saturated rings. The normalized spacial score (nSPS) is 16.9. The van der Waals surface area contributed by atoms with Gasteiger partial charge in [0, 0.05) is 10.6 Å². The molecule has 0 atom stereocenters. The fourth-order valence-electron chi connectivity index (χ4n) is 1.44. The van der Waals surface area contributed by atoms with E-state index in [-0.39, 0.29) is 5.75 Å². The van der Waals surface area contributed by atoms with Crippen molar-refractivity contribution in [1.82, 2.24) is 5.01 Å². The molecule has 0 spiro atoms. The topological polar surface area (TPSA) is 45.1 Å². The van der Waals surface area contributed by atoms with Crippen LogP contribution in [0.4, 0.5) is 0 Å². The first kappa shape index (κ1) is 11.2. The van der Waals surface area contributed by atoms with Gasteiger partial charge in [0.05, 0.1) is 32.5 Å². The van der Waals surface area contributed by atoms with Crippen LogP contribution in [0.2, 0.25) is 5.02 Å². The summed E-state index contributed by atoms with van der Waals surface area (Å²) in [6, 6.07) is 4.88. The number of hydrogen-bond donors (Lipinski definition) is 1. The number of aromatic hydroxyl groups is 1. The molecular formula is C11H13ClN2O2. The Kier molecular flexibility index (Phi) is 3.64. The maximum Gasteiger partial charge on any atom is 0.124 e. The molecule has 1 aromatic carbocycles. The Morgan fingerprint density at radius 3 is 2.88 bits per heavy atom. The van der Waals surface area contributed by atoms with E-state index in [0.717, 1.165) is 13.1 Å². The second-order valence-corrected chi connectivity index (χ2v) is 3.95. The minimum absolute atomic E-state index is 0.182. The van der Waals surface area contributed by atoms with Crippen LogP contribution in [-0.2, 0) is 4.74 Å². The Bertz CT molecular complexity index is 390. The van der Waals surface area contributed by atoms with Gasteiger partial charge in [-0.25, -0.2) is 0 Å². The molecule has 2 rings (SSSR count). The standard InChI is InChI=1S/C11H13ClN2O2/c12-10-1-2-11(15)9(7-10)8-13-14-3-5-16-6-4-14/h1-2,7-8,15H,3-6H2. The fourth-order valence-corrected chi connectivity index (χ4v) is 1.62. The van der Waals surface area contributed by atoms with E-state index in [4.69, 9.17) is 16.3 Å². The Morgan fingerprint density at radius 1 is 1.38 bits per heavy atom. The number of nitrogens with zero attached hydrogens (tertiary/aromatic N) is 2. The van der Waals surface area contributed by atoms with Crippen LogP contribution in [0, 0.1) is 0 Å². The molecule has 0 bridgehead atoms. The third kappa shape index (κ3) is 2.87. The van der Waals surface area contributed by atoms with Crippen molar-refractivity contribution in [2.75, 3.05) is 26.3 Å². The van der Waals surface area contributed by atoms with Crippen molar-refractivity contribution >= 4 is 17.8 Å².